The Morgan fingerprint density at radius 2 is 1.28 bits per heavy atom. The minimum Gasteiger partial charge on any atom is -0.462 e. The lowest BCUT2D eigenvalue weighted by Gasteiger charge is -2.15. The summed E-state index contributed by atoms with van der Waals surface area (Å²) in [6.45, 7) is 3.81. The van der Waals surface area contributed by atoms with Crippen LogP contribution in [0.3, 0.4) is 0 Å². The van der Waals surface area contributed by atoms with Crippen molar-refractivity contribution in [3.8, 4) is 0 Å². The molecule has 6 heteroatoms. The Labute approximate surface area is 237 Å². The molecule has 0 aromatic carbocycles. The number of rotatable bonds is 26. The van der Waals surface area contributed by atoms with E-state index in [1.54, 1.807) is 6.08 Å². The van der Waals surface area contributed by atoms with E-state index in [1.165, 1.54) is 51.0 Å². The Bertz CT molecular complexity index is 734. The summed E-state index contributed by atoms with van der Waals surface area (Å²) in [5.41, 5.74) is 0. The molecule has 222 valence electrons. The third-order valence-corrected chi connectivity index (χ3v) is 6.10. The average Bonchev–Trinajstić information content (AvgIpc) is 2.93. The van der Waals surface area contributed by atoms with Crippen LogP contribution in [0, 0.1) is 0 Å². The number of hydrogen-bond donors (Lipinski definition) is 1. The van der Waals surface area contributed by atoms with Gasteiger partial charge in [-0.3, -0.25) is 14.4 Å². The second-order valence-corrected chi connectivity index (χ2v) is 9.87. The first-order chi connectivity index (χ1) is 19.0. The van der Waals surface area contributed by atoms with Crippen LogP contribution in [0.2, 0.25) is 0 Å². The van der Waals surface area contributed by atoms with Gasteiger partial charge in [-0.15, -0.1) is 0 Å². The number of carbonyl (C=O) groups is 3. The average molecular weight is 547 g/mol. The van der Waals surface area contributed by atoms with Gasteiger partial charge in [-0.05, 0) is 44.6 Å². The highest BCUT2D eigenvalue weighted by atomic mass is 16.6. The molecule has 0 aliphatic rings. The Kier molecular flexibility index (Phi) is 26.7. The number of esters is 2. The fourth-order valence-electron chi connectivity index (χ4n) is 3.74. The van der Waals surface area contributed by atoms with Gasteiger partial charge in [-0.1, -0.05) is 108 Å². The fourth-order valence-corrected chi connectivity index (χ4v) is 3.74. The molecule has 0 heterocycles. The van der Waals surface area contributed by atoms with E-state index in [9.17, 15) is 19.5 Å². The molecule has 1 atom stereocenters. The summed E-state index contributed by atoms with van der Waals surface area (Å²) >= 11 is 0. The molecule has 0 aromatic heterocycles. The molecule has 6 nitrogen and oxygen atoms in total. The highest BCUT2D eigenvalue weighted by Gasteiger charge is 2.16. The van der Waals surface area contributed by atoms with Gasteiger partial charge in [-0.25, -0.2) is 0 Å². The van der Waals surface area contributed by atoms with E-state index in [1.807, 2.05) is 12.2 Å². The van der Waals surface area contributed by atoms with Crippen LogP contribution < -0.4 is 0 Å². The highest BCUT2D eigenvalue weighted by Crippen LogP contribution is 2.10. The van der Waals surface area contributed by atoms with Crippen LogP contribution >= 0.6 is 0 Å². The number of ketones is 1. The highest BCUT2D eigenvalue weighted by molar-refractivity contribution is 5.90. The third kappa shape index (κ3) is 26.9. The number of unbranched alkanes of at least 4 members (excludes halogenated alkanes) is 9. The van der Waals surface area contributed by atoms with Crippen LogP contribution in [0.25, 0.3) is 0 Å². The third-order valence-electron chi connectivity index (χ3n) is 6.10. The van der Waals surface area contributed by atoms with E-state index >= 15 is 0 Å². The Balaban J connectivity index is 3.88. The maximum atomic E-state index is 11.9. The second kappa shape index (κ2) is 28.5. The quantitative estimate of drug-likeness (QED) is 0.0390. The zero-order valence-corrected chi connectivity index (χ0v) is 24.6. The van der Waals surface area contributed by atoms with E-state index in [0.717, 1.165) is 38.5 Å². The Morgan fingerprint density at radius 1 is 0.667 bits per heavy atom. The zero-order valence-electron chi connectivity index (χ0n) is 24.6. The number of ether oxygens (including phenoxy) is 2. The van der Waals surface area contributed by atoms with Crippen molar-refractivity contribution in [2.24, 2.45) is 0 Å². The zero-order chi connectivity index (χ0) is 28.8. The van der Waals surface area contributed by atoms with Gasteiger partial charge >= 0.3 is 11.9 Å². The molecular formula is C33H54O6. The molecule has 0 unspecified atom stereocenters. The van der Waals surface area contributed by atoms with E-state index in [0.29, 0.717) is 12.8 Å². The minimum atomic E-state index is -0.857. The smallest absolute Gasteiger partial charge is 0.306 e. The lowest BCUT2D eigenvalue weighted by Crippen LogP contribution is -2.28. The lowest BCUT2D eigenvalue weighted by molar-refractivity contribution is -0.161. The number of carbonyl (C=O) groups excluding carboxylic acids is 3. The van der Waals surface area contributed by atoms with E-state index in [2.05, 4.69) is 38.2 Å². The number of aliphatic hydroxyl groups is 1. The molecule has 0 bridgehead atoms. The number of hydrogen-bond acceptors (Lipinski definition) is 6. The lowest BCUT2D eigenvalue weighted by atomic mass is 10.1. The van der Waals surface area contributed by atoms with Gasteiger partial charge in [0.15, 0.2) is 11.9 Å². The predicted molar refractivity (Wildman–Crippen MR) is 159 cm³/mol. The molecule has 0 saturated heterocycles. The molecular weight excluding hydrogens is 492 g/mol. The van der Waals surface area contributed by atoms with Gasteiger partial charge in [0.1, 0.15) is 6.61 Å². The molecule has 1 N–H and O–H groups in total. The second-order valence-electron chi connectivity index (χ2n) is 9.87. The summed E-state index contributed by atoms with van der Waals surface area (Å²) < 4.78 is 10.3. The SMILES string of the molecule is CCCCC/C=C\C/C=C\C/C=C\C=C\C(=O)CCCC(=O)OC[C@H](CO)OC(=O)CCCCCCCCC. The first-order valence-electron chi connectivity index (χ1n) is 15.1. The molecule has 0 rings (SSSR count). The Hall–Kier alpha value is -2.47. The van der Waals surface area contributed by atoms with Crippen molar-refractivity contribution in [2.45, 2.75) is 129 Å². The summed E-state index contributed by atoms with van der Waals surface area (Å²) in [5.74, 6) is -0.911. The topological polar surface area (TPSA) is 89.9 Å². The fraction of sp³-hybridized carbons (Fsp3) is 0.667. The molecule has 0 aromatic rings. The van der Waals surface area contributed by atoms with Crippen LogP contribution in [-0.4, -0.2) is 42.1 Å². The van der Waals surface area contributed by atoms with E-state index in [4.69, 9.17) is 9.47 Å². The van der Waals surface area contributed by atoms with Crippen molar-refractivity contribution in [3.05, 3.63) is 48.6 Å². The van der Waals surface area contributed by atoms with Gasteiger partial charge in [0, 0.05) is 19.3 Å². The molecule has 0 saturated carbocycles. The van der Waals surface area contributed by atoms with Crippen LogP contribution in [0.1, 0.15) is 123 Å². The summed E-state index contributed by atoms with van der Waals surface area (Å²) in [6, 6.07) is 0. The van der Waals surface area contributed by atoms with Crippen molar-refractivity contribution in [2.75, 3.05) is 13.2 Å². The standard InChI is InChI=1S/C33H54O6/c1-3-5-7-9-11-12-13-14-15-16-18-19-21-24-30(35)25-23-27-32(36)38-29-31(28-34)39-33(37)26-22-20-17-10-8-6-4-2/h11-12,14-15,18-19,21,24,31,34H,3-10,13,16-17,20,22-23,25-29H2,1-2H3/b12-11-,15-14-,19-18-,24-21+/t31-/m0/s1. The maximum Gasteiger partial charge on any atom is 0.306 e. The maximum absolute atomic E-state index is 11.9. The molecule has 0 radical (unpaired) electrons. The van der Waals surface area contributed by atoms with Gasteiger partial charge in [0.2, 0.25) is 0 Å². The van der Waals surface area contributed by atoms with Crippen molar-refractivity contribution >= 4 is 17.7 Å². The largest absolute Gasteiger partial charge is 0.462 e. The number of aliphatic hydroxyl groups excluding tert-OH is 1. The molecule has 0 amide bonds. The predicted octanol–water partition coefficient (Wildman–Crippen LogP) is 7.90. The van der Waals surface area contributed by atoms with Crippen LogP contribution in [0.15, 0.2) is 48.6 Å². The van der Waals surface area contributed by atoms with E-state index in [-0.39, 0.29) is 31.2 Å². The molecule has 0 aliphatic carbocycles. The summed E-state index contributed by atoms with van der Waals surface area (Å²) in [7, 11) is 0. The van der Waals surface area contributed by atoms with Gasteiger partial charge in [-0.2, -0.15) is 0 Å². The molecule has 39 heavy (non-hydrogen) atoms. The Morgan fingerprint density at radius 3 is 2.00 bits per heavy atom. The van der Waals surface area contributed by atoms with Gasteiger partial charge in [0.25, 0.3) is 0 Å². The summed E-state index contributed by atoms with van der Waals surface area (Å²) in [4.78, 5) is 35.8. The van der Waals surface area contributed by atoms with Crippen LogP contribution in [0.5, 0.6) is 0 Å². The van der Waals surface area contributed by atoms with Crippen molar-refractivity contribution in [1.29, 1.82) is 0 Å². The minimum absolute atomic E-state index is 0.0521. The first kappa shape index (κ1) is 36.5. The molecule has 0 spiro atoms. The first-order valence-corrected chi connectivity index (χ1v) is 15.1. The van der Waals surface area contributed by atoms with Gasteiger partial charge in [0.05, 0.1) is 6.61 Å². The number of allylic oxidation sites excluding steroid dienone is 8. The summed E-state index contributed by atoms with van der Waals surface area (Å²) in [5, 5.41) is 9.41. The van der Waals surface area contributed by atoms with Crippen molar-refractivity contribution in [1.82, 2.24) is 0 Å². The van der Waals surface area contributed by atoms with Crippen molar-refractivity contribution in [3.63, 3.8) is 0 Å². The van der Waals surface area contributed by atoms with E-state index < -0.39 is 18.7 Å². The van der Waals surface area contributed by atoms with Crippen LogP contribution in [0.4, 0.5) is 0 Å². The normalized spacial score (nSPS) is 12.7. The van der Waals surface area contributed by atoms with Gasteiger partial charge < -0.3 is 14.6 Å². The monoisotopic (exact) mass is 546 g/mol. The van der Waals surface area contributed by atoms with Crippen LogP contribution in [-0.2, 0) is 23.9 Å². The summed E-state index contributed by atoms with van der Waals surface area (Å²) in [6.07, 6.45) is 30.4. The van der Waals surface area contributed by atoms with Crippen molar-refractivity contribution < 1.29 is 29.0 Å². The molecule has 0 fully saturated rings. The molecule has 0 aliphatic heterocycles.